The normalized spacial score (nSPS) is 11.9. The largest absolute Gasteiger partial charge is 0.480 e. The third kappa shape index (κ3) is 3.32. The summed E-state index contributed by atoms with van der Waals surface area (Å²) in [5.74, 6) is -1.54. The third-order valence-electron chi connectivity index (χ3n) is 1.69. The number of hydrogen-bond acceptors (Lipinski definition) is 3. The number of carbonyl (C=O) groups is 2. The van der Waals surface area contributed by atoms with E-state index < -0.39 is 17.9 Å². The Hall–Kier alpha value is -1.43. The van der Waals surface area contributed by atoms with E-state index in [1.807, 2.05) is 0 Å². The highest BCUT2D eigenvalue weighted by Gasteiger charge is 2.15. The molecule has 0 aliphatic rings. The van der Waals surface area contributed by atoms with Crippen LogP contribution in [0.5, 0.6) is 0 Å². The van der Waals surface area contributed by atoms with E-state index in [2.05, 4.69) is 26.2 Å². The smallest absolute Gasteiger partial charge is 0.325 e. The zero-order chi connectivity index (χ0) is 11.4. The molecule has 1 aromatic heterocycles. The summed E-state index contributed by atoms with van der Waals surface area (Å²) >= 11 is 3.17. The number of nitrogens with zero attached hydrogens (tertiary/aromatic N) is 1. The highest BCUT2D eigenvalue weighted by atomic mass is 79.9. The number of halogens is 1. The fraction of sp³-hybridized carbons (Fsp3) is 0.222. The molecule has 6 heteroatoms. The first-order valence-corrected chi connectivity index (χ1v) is 4.94. The van der Waals surface area contributed by atoms with Crippen molar-refractivity contribution in [2.24, 2.45) is 0 Å². The van der Waals surface area contributed by atoms with Gasteiger partial charge in [0.25, 0.3) is 5.91 Å². The summed E-state index contributed by atoms with van der Waals surface area (Å²) in [5.41, 5.74) is 0.317. The van der Waals surface area contributed by atoms with E-state index in [-0.39, 0.29) is 0 Å². The summed E-state index contributed by atoms with van der Waals surface area (Å²) in [6, 6.07) is 0.646. The Balaban J connectivity index is 2.73. The fourth-order valence-electron chi connectivity index (χ4n) is 0.878. The summed E-state index contributed by atoms with van der Waals surface area (Å²) in [6.45, 7) is 1.39. The van der Waals surface area contributed by atoms with Crippen molar-refractivity contribution in [3.8, 4) is 0 Å². The Labute approximate surface area is 94.6 Å². The van der Waals surface area contributed by atoms with Gasteiger partial charge in [-0.25, -0.2) is 0 Å². The van der Waals surface area contributed by atoms with Crippen molar-refractivity contribution in [3.63, 3.8) is 0 Å². The predicted octanol–water partition coefficient (Wildman–Crippen LogP) is 1.05. The quantitative estimate of drug-likeness (QED) is 0.862. The molecule has 1 rings (SSSR count). The van der Waals surface area contributed by atoms with Crippen molar-refractivity contribution in [1.82, 2.24) is 10.3 Å². The van der Waals surface area contributed by atoms with Crippen LogP contribution in [-0.4, -0.2) is 28.0 Å². The van der Waals surface area contributed by atoms with Gasteiger partial charge in [0.05, 0.1) is 5.56 Å². The van der Waals surface area contributed by atoms with Gasteiger partial charge in [-0.15, -0.1) is 0 Å². The number of carboxylic acid groups (broad SMARTS) is 1. The Kier molecular flexibility index (Phi) is 3.79. The van der Waals surface area contributed by atoms with Crippen molar-refractivity contribution in [2.75, 3.05) is 0 Å². The van der Waals surface area contributed by atoms with Crippen LogP contribution in [0.25, 0.3) is 0 Å². The topological polar surface area (TPSA) is 79.3 Å². The minimum absolute atomic E-state index is 0.317. The minimum atomic E-state index is -1.08. The van der Waals surface area contributed by atoms with Crippen LogP contribution in [0, 0.1) is 0 Å². The maximum absolute atomic E-state index is 11.5. The number of pyridine rings is 1. The van der Waals surface area contributed by atoms with Crippen LogP contribution in [0.3, 0.4) is 0 Å². The molecular formula is C9H9BrN2O3. The van der Waals surface area contributed by atoms with Crippen molar-refractivity contribution in [1.29, 1.82) is 0 Å². The average Bonchev–Trinajstić information content (AvgIpc) is 2.17. The zero-order valence-corrected chi connectivity index (χ0v) is 9.48. The molecule has 1 heterocycles. The first-order valence-electron chi connectivity index (χ1n) is 4.15. The Bertz CT molecular complexity index is 395. The zero-order valence-electron chi connectivity index (χ0n) is 7.90. The van der Waals surface area contributed by atoms with Crippen LogP contribution in [-0.2, 0) is 4.79 Å². The van der Waals surface area contributed by atoms with E-state index in [0.29, 0.717) is 10.0 Å². The summed E-state index contributed by atoms with van der Waals surface area (Å²) < 4.78 is 0.665. The maximum Gasteiger partial charge on any atom is 0.325 e. The van der Waals surface area contributed by atoms with Gasteiger partial charge in [-0.3, -0.25) is 14.6 Å². The van der Waals surface area contributed by atoms with Crippen LogP contribution < -0.4 is 5.32 Å². The Morgan fingerprint density at radius 3 is 2.73 bits per heavy atom. The second kappa shape index (κ2) is 4.88. The number of nitrogens with one attached hydrogen (secondary N) is 1. The molecule has 1 atom stereocenters. The molecule has 0 radical (unpaired) electrons. The van der Waals surface area contributed by atoms with Gasteiger partial charge in [0.1, 0.15) is 6.04 Å². The van der Waals surface area contributed by atoms with Crippen molar-refractivity contribution >= 4 is 27.8 Å². The summed E-state index contributed by atoms with van der Waals surface area (Å²) in [7, 11) is 0. The second-order valence-corrected chi connectivity index (χ2v) is 3.84. The summed E-state index contributed by atoms with van der Waals surface area (Å²) in [5, 5.41) is 10.9. The van der Waals surface area contributed by atoms with Gasteiger partial charge in [0.15, 0.2) is 0 Å². The number of aliphatic carboxylic acids is 1. The molecule has 15 heavy (non-hydrogen) atoms. The van der Waals surface area contributed by atoms with Crippen LogP contribution in [0.4, 0.5) is 0 Å². The molecule has 0 aromatic carbocycles. The molecule has 80 valence electrons. The van der Waals surface area contributed by atoms with Gasteiger partial charge in [0, 0.05) is 16.9 Å². The Morgan fingerprint density at radius 1 is 1.53 bits per heavy atom. The first-order chi connectivity index (χ1) is 7.00. The van der Waals surface area contributed by atoms with Gasteiger partial charge in [-0.2, -0.15) is 0 Å². The number of aromatic nitrogens is 1. The number of carboxylic acids is 1. The molecule has 0 aliphatic heterocycles. The number of rotatable bonds is 3. The molecule has 2 N–H and O–H groups in total. The van der Waals surface area contributed by atoms with Crippen LogP contribution >= 0.6 is 15.9 Å². The van der Waals surface area contributed by atoms with E-state index in [1.54, 1.807) is 6.07 Å². The van der Waals surface area contributed by atoms with Crippen LogP contribution in [0.15, 0.2) is 22.9 Å². The van der Waals surface area contributed by atoms with E-state index in [9.17, 15) is 9.59 Å². The van der Waals surface area contributed by atoms with E-state index in [1.165, 1.54) is 19.3 Å². The number of hydrogen-bond donors (Lipinski definition) is 2. The molecule has 0 fully saturated rings. The standard InChI is InChI=1S/C9H9BrN2O3/c1-5(9(14)15)12-8(13)6-2-7(10)4-11-3-6/h2-5H,1H3,(H,12,13)(H,14,15)/t5-/m0/s1. The SMILES string of the molecule is C[C@H](NC(=O)c1cncc(Br)c1)C(=O)O. The van der Waals surface area contributed by atoms with Crippen molar-refractivity contribution in [2.45, 2.75) is 13.0 Å². The van der Waals surface area contributed by atoms with Gasteiger partial charge < -0.3 is 10.4 Å². The Morgan fingerprint density at radius 2 is 2.20 bits per heavy atom. The lowest BCUT2D eigenvalue weighted by Gasteiger charge is -2.08. The molecule has 0 aliphatic carbocycles. The highest BCUT2D eigenvalue weighted by Crippen LogP contribution is 2.09. The maximum atomic E-state index is 11.5. The molecule has 1 amide bonds. The number of amides is 1. The summed E-state index contributed by atoms with van der Waals surface area (Å²) in [6.07, 6.45) is 2.91. The molecule has 0 bridgehead atoms. The van der Waals surface area contributed by atoms with Crippen LogP contribution in [0.2, 0.25) is 0 Å². The lowest BCUT2D eigenvalue weighted by Crippen LogP contribution is -2.38. The van der Waals surface area contributed by atoms with Gasteiger partial charge in [0.2, 0.25) is 0 Å². The fourth-order valence-corrected chi connectivity index (χ4v) is 1.24. The van der Waals surface area contributed by atoms with E-state index >= 15 is 0 Å². The lowest BCUT2D eigenvalue weighted by molar-refractivity contribution is -0.138. The molecule has 0 spiro atoms. The monoisotopic (exact) mass is 272 g/mol. The molecule has 0 saturated carbocycles. The van der Waals surface area contributed by atoms with Gasteiger partial charge in [-0.1, -0.05) is 0 Å². The summed E-state index contributed by atoms with van der Waals surface area (Å²) in [4.78, 5) is 25.8. The minimum Gasteiger partial charge on any atom is -0.480 e. The molecular weight excluding hydrogens is 264 g/mol. The predicted molar refractivity (Wildman–Crippen MR) is 56.5 cm³/mol. The molecule has 0 unspecified atom stereocenters. The van der Waals surface area contributed by atoms with Crippen molar-refractivity contribution in [3.05, 3.63) is 28.5 Å². The van der Waals surface area contributed by atoms with E-state index in [0.717, 1.165) is 0 Å². The molecule has 0 saturated heterocycles. The van der Waals surface area contributed by atoms with Gasteiger partial charge in [-0.05, 0) is 28.9 Å². The lowest BCUT2D eigenvalue weighted by atomic mass is 10.2. The van der Waals surface area contributed by atoms with Crippen LogP contribution in [0.1, 0.15) is 17.3 Å². The number of carbonyl (C=O) groups excluding carboxylic acids is 1. The molecule has 5 nitrogen and oxygen atoms in total. The van der Waals surface area contributed by atoms with Crippen molar-refractivity contribution < 1.29 is 14.7 Å². The second-order valence-electron chi connectivity index (χ2n) is 2.93. The third-order valence-corrected chi connectivity index (χ3v) is 2.12. The highest BCUT2D eigenvalue weighted by molar-refractivity contribution is 9.10. The first kappa shape index (κ1) is 11.6. The molecule has 1 aromatic rings. The van der Waals surface area contributed by atoms with Gasteiger partial charge >= 0.3 is 5.97 Å². The van der Waals surface area contributed by atoms with E-state index in [4.69, 9.17) is 5.11 Å². The average molecular weight is 273 g/mol.